The van der Waals surface area contributed by atoms with E-state index < -0.39 is 4.92 Å². The van der Waals surface area contributed by atoms with Gasteiger partial charge in [0.25, 0.3) is 0 Å². The Labute approximate surface area is 106 Å². The lowest BCUT2D eigenvalue weighted by atomic mass is 10.2. The van der Waals surface area contributed by atoms with E-state index in [0.717, 1.165) is 0 Å². The number of carbonyl (C=O) groups is 1. The third-order valence-corrected chi connectivity index (χ3v) is 3.23. The minimum Gasteiger partial charge on any atom is -0.326 e. The summed E-state index contributed by atoms with van der Waals surface area (Å²) in [4.78, 5) is 23.5. The maximum Gasteiger partial charge on any atom is 0.307 e. The number of amides is 1. The van der Waals surface area contributed by atoms with Crippen LogP contribution in [0.5, 0.6) is 0 Å². The van der Waals surface area contributed by atoms with Crippen molar-refractivity contribution < 1.29 is 9.72 Å². The standard InChI is InChI=1S/C10H10BrN3O3/c11-7-2-1-3-8(10(7)14(16)17)13-5-6(12)4-9(13)15/h1-3,6H,4-5,12H2. The highest BCUT2D eigenvalue weighted by Gasteiger charge is 2.33. The van der Waals surface area contributed by atoms with Gasteiger partial charge in [-0.25, -0.2) is 0 Å². The minimum absolute atomic E-state index is 0.102. The van der Waals surface area contributed by atoms with E-state index in [1.165, 1.54) is 4.90 Å². The Morgan fingerprint density at radius 1 is 1.53 bits per heavy atom. The molecule has 0 saturated carbocycles. The zero-order valence-electron chi connectivity index (χ0n) is 8.80. The van der Waals surface area contributed by atoms with Gasteiger partial charge in [0.2, 0.25) is 5.91 Å². The highest BCUT2D eigenvalue weighted by molar-refractivity contribution is 9.10. The lowest BCUT2D eigenvalue weighted by Gasteiger charge is -2.16. The van der Waals surface area contributed by atoms with Crippen LogP contribution in [0.4, 0.5) is 11.4 Å². The summed E-state index contributed by atoms with van der Waals surface area (Å²) in [7, 11) is 0. The molecule has 7 heteroatoms. The van der Waals surface area contributed by atoms with Crippen LogP contribution in [0.3, 0.4) is 0 Å². The number of hydrogen-bond donors (Lipinski definition) is 1. The molecule has 1 aromatic rings. The quantitative estimate of drug-likeness (QED) is 0.660. The molecule has 0 spiro atoms. The summed E-state index contributed by atoms with van der Waals surface area (Å²) in [5.41, 5.74) is 5.86. The molecule has 1 saturated heterocycles. The van der Waals surface area contributed by atoms with Crippen LogP contribution in [-0.2, 0) is 4.79 Å². The summed E-state index contributed by atoms with van der Waals surface area (Å²) in [6, 6.07) is 4.52. The maximum absolute atomic E-state index is 11.7. The van der Waals surface area contributed by atoms with Gasteiger partial charge in [0.05, 0.1) is 9.40 Å². The fraction of sp³-hybridized carbons (Fsp3) is 0.300. The second kappa shape index (κ2) is 4.42. The number of carbonyl (C=O) groups excluding carboxylic acids is 1. The van der Waals surface area contributed by atoms with Gasteiger partial charge in [0.1, 0.15) is 5.69 Å². The lowest BCUT2D eigenvalue weighted by molar-refractivity contribution is -0.384. The lowest BCUT2D eigenvalue weighted by Crippen LogP contribution is -2.28. The number of nitrogens with zero attached hydrogens (tertiary/aromatic N) is 2. The van der Waals surface area contributed by atoms with Crippen molar-refractivity contribution in [2.45, 2.75) is 12.5 Å². The first kappa shape index (κ1) is 12.0. The van der Waals surface area contributed by atoms with Crippen LogP contribution in [0, 0.1) is 10.1 Å². The number of para-hydroxylation sites is 1. The van der Waals surface area contributed by atoms with Gasteiger partial charge < -0.3 is 10.6 Å². The molecule has 17 heavy (non-hydrogen) atoms. The number of halogens is 1. The molecule has 90 valence electrons. The van der Waals surface area contributed by atoms with Gasteiger partial charge in [-0.2, -0.15) is 0 Å². The van der Waals surface area contributed by atoms with E-state index in [-0.39, 0.29) is 24.1 Å². The normalized spacial score (nSPS) is 19.8. The number of benzene rings is 1. The van der Waals surface area contributed by atoms with Gasteiger partial charge in [-0.1, -0.05) is 6.07 Å². The van der Waals surface area contributed by atoms with Gasteiger partial charge in [0, 0.05) is 19.0 Å². The molecule has 1 aliphatic rings. The van der Waals surface area contributed by atoms with Crippen molar-refractivity contribution in [3.05, 3.63) is 32.8 Å². The number of nitro groups is 1. The summed E-state index contributed by atoms with van der Waals surface area (Å²) in [5.74, 6) is -0.182. The molecule has 0 aromatic heterocycles. The van der Waals surface area contributed by atoms with Gasteiger partial charge in [-0.15, -0.1) is 0 Å². The predicted molar refractivity (Wildman–Crippen MR) is 65.7 cm³/mol. The Bertz CT molecular complexity index is 492. The first-order valence-corrected chi connectivity index (χ1v) is 5.79. The summed E-state index contributed by atoms with van der Waals surface area (Å²) in [5, 5.41) is 11.0. The van der Waals surface area contributed by atoms with Crippen LogP contribution in [0.1, 0.15) is 6.42 Å². The highest BCUT2D eigenvalue weighted by atomic mass is 79.9. The summed E-state index contributed by atoms with van der Waals surface area (Å²) >= 11 is 3.12. The molecule has 0 radical (unpaired) electrons. The van der Waals surface area contributed by atoms with E-state index in [9.17, 15) is 14.9 Å². The molecule has 6 nitrogen and oxygen atoms in total. The van der Waals surface area contributed by atoms with Crippen LogP contribution < -0.4 is 10.6 Å². The van der Waals surface area contributed by atoms with Crippen LogP contribution in [0.2, 0.25) is 0 Å². The number of anilines is 1. The van der Waals surface area contributed by atoms with Crippen molar-refractivity contribution in [3.8, 4) is 0 Å². The first-order chi connectivity index (χ1) is 8.00. The van der Waals surface area contributed by atoms with Gasteiger partial charge in [-0.05, 0) is 28.1 Å². The SMILES string of the molecule is NC1CC(=O)N(c2cccc(Br)c2[N+](=O)[O-])C1. The number of rotatable bonds is 2. The molecule has 1 unspecified atom stereocenters. The highest BCUT2D eigenvalue weighted by Crippen LogP contribution is 2.36. The van der Waals surface area contributed by atoms with Crippen LogP contribution in [0.15, 0.2) is 22.7 Å². The molecule has 0 aliphatic carbocycles. The summed E-state index contributed by atoms with van der Waals surface area (Å²) in [6.45, 7) is 0.316. The van der Waals surface area contributed by atoms with Crippen molar-refractivity contribution in [2.75, 3.05) is 11.4 Å². The van der Waals surface area contributed by atoms with Crippen LogP contribution >= 0.6 is 15.9 Å². The molecular weight excluding hydrogens is 290 g/mol. The van der Waals surface area contributed by atoms with E-state index in [1.54, 1.807) is 18.2 Å². The van der Waals surface area contributed by atoms with E-state index in [0.29, 0.717) is 16.7 Å². The zero-order valence-corrected chi connectivity index (χ0v) is 10.4. The molecule has 1 atom stereocenters. The van der Waals surface area contributed by atoms with Gasteiger partial charge >= 0.3 is 5.69 Å². The maximum atomic E-state index is 11.7. The third kappa shape index (κ3) is 2.16. The molecule has 1 aliphatic heterocycles. The average molecular weight is 300 g/mol. The Morgan fingerprint density at radius 2 is 2.24 bits per heavy atom. The smallest absolute Gasteiger partial charge is 0.307 e. The van der Waals surface area contributed by atoms with Crippen molar-refractivity contribution in [2.24, 2.45) is 5.73 Å². The molecule has 1 heterocycles. The second-order valence-corrected chi connectivity index (χ2v) is 4.69. The zero-order chi connectivity index (χ0) is 12.6. The van der Waals surface area contributed by atoms with Gasteiger partial charge in [-0.3, -0.25) is 14.9 Å². The van der Waals surface area contributed by atoms with Crippen LogP contribution in [-0.4, -0.2) is 23.4 Å². The Kier molecular flexibility index (Phi) is 3.12. The van der Waals surface area contributed by atoms with Crippen LogP contribution in [0.25, 0.3) is 0 Å². The number of nitro benzene ring substituents is 1. The largest absolute Gasteiger partial charge is 0.326 e. The van der Waals surface area contributed by atoms with Crippen molar-refractivity contribution in [1.29, 1.82) is 0 Å². The predicted octanol–water partition coefficient (Wildman–Crippen LogP) is 1.42. The molecule has 2 N–H and O–H groups in total. The van der Waals surface area contributed by atoms with Gasteiger partial charge in [0.15, 0.2) is 0 Å². The van der Waals surface area contributed by atoms with E-state index in [4.69, 9.17) is 5.73 Å². The summed E-state index contributed by atoms with van der Waals surface area (Å²) in [6.07, 6.45) is 0.226. The topological polar surface area (TPSA) is 89.5 Å². The Morgan fingerprint density at radius 3 is 2.76 bits per heavy atom. The minimum atomic E-state index is -0.503. The molecule has 1 amide bonds. The number of hydrogen-bond acceptors (Lipinski definition) is 4. The fourth-order valence-electron chi connectivity index (χ4n) is 1.87. The van der Waals surface area contributed by atoms with Crippen molar-refractivity contribution >= 4 is 33.2 Å². The van der Waals surface area contributed by atoms with E-state index >= 15 is 0 Å². The number of nitrogens with two attached hydrogens (primary N) is 1. The monoisotopic (exact) mass is 299 g/mol. The molecule has 2 rings (SSSR count). The summed E-state index contributed by atoms with van der Waals surface area (Å²) < 4.78 is 0.355. The Balaban J connectivity index is 2.49. The second-order valence-electron chi connectivity index (χ2n) is 3.83. The van der Waals surface area contributed by atoms with E-state index in [2.05, 4.69) is 15.9 Å². The Hall–Kier alpha value is -1.47. The van der Waals surface area contributed by atoms with Crippen molar-refractivity contribution in [3.63, 3.8) is 0 Å². The molecule has 1 aromatic carbocycles. The molecular formula is C10H10BrN3O3. The first-order valence-electron chi connectivity index (χ1n) is 4.99. The third-order valence-electron chi connectivity index (χ3n) is 2.59. The van der Waals surface area contributed by atoms with E-state index in [1.807, 2.05) is 0 Å². The molecule has 0 bridgehead atoms. The fourth-order valence-corrected chi connectivity index (χ4v) is 2.37. The molecule has 1 fully saturated rings. The van der Waals surface area contributed by atoms with Crippen molar-refractivity contribution in [1.82, 2.24) is 0 Å². The average Bonchev–Trinajstić information content (AvgIpc) is 2.56.